The molecule has 1 saturated heterocycles. The zero-order chi connectivity index (χ0) is 34.2. The number of fused-ring (bicyclic) bond motifs is 5. The van der Waals surface area contributed by atoms with Crippen molar-refractivity contribution in [2.24, 2.45) is 5.92 Å². The molecule has 11 nitrogen and oxygen atoms in total. The molecule has 3 aromatic rings. The van der Waals surface area contributed by atoms with Crippen LogP contribution in [-0.4, -0.2) is 74.7 Å². The number of aliphatic carboxylic acids is 1. The van der Waals surface area contributed by atoms with Gasteiger partial charge in [-0.25, -0.2) is 19.0 Å². The van der Waals surface area contributed by atoms with Gasteiger partial charge in [0.2, 0.25) is 17.7 Å². The van der Waals surface area contributed by atoms with E-state index >= 15 is 0 Å². The molecule has 254 valence electrons. The number of carboxylic acids is 1. The van der Waals surface area contributed by atoms with Gasteiger partial charge in [0.25, 0.3) is 0 Å². The number of carbonyl (C=O) groups excluding carboxylic acids is 3. The minimum Gasteiger partial charge on any atom is -0.479 e. The zero-order valence-electron chi connectivity index (χ0n) is 27.3. The summed E-state index contributed by atoms with van der Waals surface area (Å²) in [6.07, 6.45) is 5.92. The summed E-state index contributed by atoms with van der Waals surface area (Å²) < 4.78 is 26.1. The lowest BCUT2D eigenvalue weighted by Gasteiger charge is -2.30. The van der Waals surface area contributed by atoms with Gasteiger partial charge in [-0.3, -0.25) is 9.59 Å². The second-order valence-electron chi connectivity index (χ2n) is 13.9. The van der Waals surface area contributed by atoms with Crippen LogP contribution in [0.15, 0.2) is 54.6 Å². The highest BCUT2D eigenvalue weighted by Crippen LogP contribution is 2.45. The Morgan fingerprint density at radius 1 is 1.08 bits per heavy atom. The van der Waals surface area contributed by atoms with E-state index in [4.69, 9.17) is 9.47 Å². The van der Waals surface area contributed by atoms with Crippen molar-refractivity contribution in [1.82, 2.24) is 20.5 Å². The molecule has 0 bridgehead atoms. The highest BCUT2D eigenvalue weighted by Gasteiger charge is 2.61. The summed E-state index contributed by atoms with van der Waals surface area (Å²) in [6.45, 7) is 5.15. The topological polar surface area (TPSA) is 147 Å². The zero-order valence-corrected chi connectivity index (χ0v) is 27.3. The van der Waals surface area contributed by atoms with Gasteiger partial charge < -0.3 is 30.1 Å². The van der Waals surface area contributed by atoms with Gasteiger partial charge >= 0.3 is 12.1 Å². The van der Waals surface area contributed by atoms with Gasteiger partial charge in [-0.15, -0.1) is 0 Å². The second kappa shape index (κ2) is 13.0. The number of nitrogens with zero attached hydrogens (tertiary/aromatic N) is 2. The molecule has 2 aliphatic heterocycles. The fourth-order valence-electron chi connectivity index (χ4n) is 6.74. The number of carboxylic acid groups (broad SMARTS) is 1. The van der Waals surface area contributed by atoms with Crippen LogP contribution in [0.3, 0.4) is 0 Å². The Kier molecular flexibility index (Phi) is 9.02. The van der Waals surface area contributed by atoms with Crippen LogP contribution < -0.4 is 15.4 Å². The Labute approximate surface area is 277 Å². The molecule has 3 aliphatic rings. The van der Waals surface area contributed by atoms with Crippen molar-refractivity contribution in [2.45, 2.75) is 95.0 Å². The summed E-state index contributed by atoms with van der Waals surface area (Å²) >= 11 is 0. The number of rotatable bonds is 4. The minimum absolute atomic E-state index is 0.0238. The van der Waals surface area contributed by atoms with Crippen LogP contribution in [0.4, 0.5) is 9.18 Å². The van der Waals surface area contributed by atoms with Crippen molar-refractivity contribution >= 4 is 45.6 Å². The summed E-state index contributed by atoms with van der Waals surface area (Å²) in [7, 11) is 0. The largest absolute Gasteiger partial charge is 0.479 e. The molecule has 1 aromatic heterocycles. The Bertz CT molecular complexity index is 1790. The average molecular weight is 661 g/mol. The van der Waals surface area contributed by atoms with Crippen molar-refractivity contribution in [2.75, 3.05) is 6.54 Å². The van der Waals surface area contributed by atoms with Crippen LogP contribution >= 0.6 is 0 Å². The number of ether oxygens (including phenoxy) is 2. The van der Waals surface area contributed by atoms with E-state index in [0.717, 1.165) is 30.0 Å². The smallest absolute Gasteiger partial charge is 0.408 e. The first-order valence-corrected chi connectivity index (χ1v) is 16.5. The van der Waals surface area contributed by atoms with E-state index < -0.39 is 59.0 Å². The summed E-state index contributed by atoms with van der Waals surface area (Å²) in [6, 6.07) is 9.71. The van der Waals surface area contributed by atoms with Gasteiger partial charge in [0, 0.05) is 29.2 Å². The van der Waals surface area contributed by atoms with Crippen LogP contribution in [0.25, 0.3) is 21.7 Å². The Hall–Kier alpha value is -4.74. The molecule has 5 unspecified atom stereocenters. The molecule has 2 fully saturated rings. The minimum atomic E-state index is -1.46. The average Bonchev–Trinajstić information content (AvgIpc) is 3.56. The number of aromatic nitrogens is 1. The SMILES string of the molecule is CC(C)(C)OC(=O)NC1CCCCCC=CC2CC2(C(=O)O)NC(=O)C2CC(Oc3nc4cc(F)ccc4c4ccccc34)CN2C1=O. The Balaban J connectivity index is 1.33. The maximum atomic E-state index is 14.3. The predicted octanol–water partition coefficient (Wildman–Crippen LogP) is 5.25. The van der Waals surface area contributed by atoms with Crippen molar-refractivity contribution in [3.63, 3.8) is 0 Å². The third-order valence-corrected chi connectivity index (χ3v) is 9.22. The molecule has 12 heteroatoms. The maximum Gasteiger partial charge on any atom is 0.408 e. The highest BCUT2D eigenvalue weighted by molar-refractivity contribution is 6.07. The van der Waals surface area contributed by atoms with Gasteiger partial charge in [0.1, 0.15) is 35.1 Å². The standard InChI is InChI=1S/C36H41FN4O7/c1-35(2,3)48-34(46)39-27-14-8-6-4-5-7-11-21-19-36(21,33(44)45)40-30(42)29-18-23(20-41(29)32(27)43)47-31-26-13-10-9-12-24(26)25-16-15-22(37)17-28(25)38-31/h7,9-13,15-17,21,23,27,29H,4-6,8,14,18-20H2,1-3H3,(H,39,46)(H,40,42)(H,44,45). The van der Waals surface area contributed by atoms with Gasteiger partial charge in [-0.05, 0) is 70.0 Å². The van der Waals surface area contributed by atoms with Crippen molar-refractivity contribution < 1.29 is 38.1 Å². The quantitative estimate of drug-likeness (QED) is 0.254. The van der Waals surface area contributed by atoms with Gasteiger partial charge in [-0.1, -0.05) is 43.2 Å². The van der Waals surface area contributed by atoms with Crippen LogP contribution in [0.2, 0.25) is 0 Å². The number of benzene rings is 2. The summed E-state index contributed by atoms with van der Waals surface area (Å²) in [4.78, 5) is 59.5. The van der Waals surface area contributed by atoms with Crippen LogP contribution in [0.5, 0.6) is 5.88 Å². The van der Waals surface area contributed by atoms with E-state index in [9.17, 15) is 28.7 Å². The van der Waals surface area contributed by atoms with E-state index in [-0.39, 0.29) is 31.2 Å². The number of hydrogen-bond acceptors (Lipinski definition) is 7. The Morgan fingerprint density at radius 3 is 2.60 bits per heavy atom. The van der Waals surface area contributed by atoms with E-state index in [0.29, 0.717) is 23.7 Å². The number of alkyl carbamates (subject to hydrolysis) is 1. The fraction of sp³-hybridized carbons (Fsp3) is 0.472. The first-order valence-electron chi connectivity index (χ1n) is 16.5. The summed E-state index contributed by atoms with van der Waals surface area (Å²) in [5, 5.41) is 17.8. The molecule has 0 spiro atoms. The third kappa shape index (κ3) is 6.93. The van der Waals surface area contributed by atoms with Crippen LogP contribution in [0, 0.1) is 11.7 Å². The normalized spacial score (nSPS) is 26.5. The van der Waals surface area contributed by atoms with Crippen molar-refractivity contribution in [3.05, 3.63) is 60.4 Å². The molecular weight excluding hydrogens is 619 g/mol. The van der Waals surface area contributed by atoms with E-state index in [1.165, 1.54) is 17.0 Å². The van der Waals surface area contributed by atoms with Gasteiger partial charge in [-0.2, -0.15) is 0 Å². The van der Waals surface area contributed by atoms with Crippen molar-refractivity contribution in [1.29, 1.82) is 0 Å². The lowest BCUT2D eigenvalue weighted by molar-refractivity contribution is -0.145. The number of pyridine rings is 1. The van der Waals surface area contributed by atoms with Crippen molar-refractivity contribution in [3.8, 4) is 5.88 Å². The number of hydrogen-bond donors (Lipinski definition) is 3. The van der Waals surface area contributed by atoms with E-state index in [1.807, 2.05) is 36.4 Å². The monoisotopic (exact) mass is 660 g/mol. The molecule has 1 aliphatic carbocycles. The molecule has 3 heterocycles. The third-order valence-electron chi connectivity index (χ3n) is 9.22. The molecule has 3 N–H and O–H groups in total. The number of carbonyl (C=O) groups is 4. The highest BCUT2D eigenvalue weighted by atomic mass is 19.1. The molecule has 3 amide bonds. The number of nitrogens with one attached hydrogen (secondary N) is 2. The van der Waals surface area contributed by atoms with Gasteiger partial charge in [0.05, 0.1) is 12.1 Å². The summed E-state index contributed by atoms with van der Waals surface area (Å²) in [5.74, 6) is -2.83. The molecule has 1 saturated carbocycles. The number of allylic oxidation sites excluding steroid dienone is 1. The van der Waals surface area contributed by atoms with E-state index in [2.05, 4.69) is 15.6 Å². The molecule has 2 aromatic carbocycles. The number of amides is 3. The molecule has 0 radical (unpaired) electrons. The predicted molar refractivity (Wildman–Crippen MR) is 176 cm³/mol. The lowest BCUT2D eigenvalue weighted by Crippen LogP contribution is -2.56. The Morgan fingerprint density at radius 2 is 1.85 bits per heavy atom. The fourth-order valence-corrected chi connectivity index (χ4v) is 6.74. The maximum absolute atomic E-state index is 14.3. The van der Waals surface area contributed by atoms with Crippen LogP contribution in [0.1, 0.15) is 65.7 Å². The molecule has 48 heavy (non-hydrogen) atoms. The first-order chi connectivity index (χ1) is 22.8. The summed E-state index contributed by atoms with van der Waals surface area (Å²) in [5.41, 5.74) is -1.86. The first kappa shape index (κ1) is 33.2. The molecular formula is C36H41FN4O7. The molecule has 6 rings (SSSR count). The van der Waals surface area contributed by atoms with Gasteiger partial charge in [0.15, 0.2) is 0 Å². The molecule has 5 atom stereocenters. The second-order valence-corrected chi connectivity index (χ2v) is 13.9. The number of halogens is 1. The van der Waals surface area contributed by atoms with Crippen LogP contribution in [-0.2, 0) is 19.1 Å². The lowest BCUT2D eigenvalue weighted by atomic mass is 10.0. The van der Waals surface area contributed by atoms with E-state index in [1.54, 1.807) is 26.8 Å².